The summed E-state index contributed by atoms with van der Waals surface area (Å²) in [5.74, 6) is -1.43. The fourth-order valence-corrected chi connectivity index (χ4v) is 2.37. The van der Waals surface area contributed by atoms with Gasteiger partial charge in [0.25, 0.3) is 5.91 Å². The maximum atomic E-state index is 13.1. The Morgan fingerprint density at radius 1 is 1.23 bits per heavy atom. The molecule has 136 valence electrons. The molecule has 0 bridgehead atoms. The first-order valence-electron chi connectivity index (χ1n) is 8.07. The Morgan fingerprint density at radius 2 is 1.96 bits per heavy atom. The van der Waals surface area contributed by atoms with E-state index >= 15 is 0 Å². The number of carbonyl (C=O) groups excluding carboxylic acids is 2. The van der Waals surface area contributed by atoms with Crippen LogP contribution in [-0.4, -0.2) is 25.0 Å². The number of benzene rings is 2. The molecule has 1 N–H and O–H groups in total. The minimum absolute atomic E-state index is 0.0348. The molecular formula is C20H19ClFNO3. The van der Waals surface area contributed by atoms with Crippen LogP contribution in [0.15, 0.2) is 54.6 Å². The average Bonchev–Trinajstić information content (AvgIpc) is 2.66. The highest BCUT2D eigenvalue weighted by atomic mass is 35.5. The Balaban J connectivity index is 1.73. The van der Waals surface area contributed by atoms with Crippen molar-refractivity contribution in [1.29, 1.82) is 0 Å². The summed E-state index contributed by atoms with van der Waals surface area (Å²) < 4.78 is 17.9. The van der Waals surface area contributed by atoms with Gasteiger partial charge in [0.2, 0.25) is 0 Å². The van der Waals surface area contributed by atoms with Gasteiger partial charge in [0.15, 0.2) is 6.61 Å². The molecule has 2 rings (SSSR count). The Kier molecular flexibility index (Phi) is 7.36. The lowest BCUT2D eigenvalue weighted by molar-refractivity contribution is -0.143. The first-order chi connectivity index (χ1) is 12.5. The number of halogens is 2. The fraction of sp³-hybridized carbons (Fsp3) is 0.200. The van der Waals surface area contributed by atoms with Gasteiger partial charge in [-0.3, -0.25) is 4.79 Å². The van der Waals surface area contributed by atoms with Gasteiger partial charge in [-0.1, -0.05) is 54.9 Å². The summed E-state index contributed by atoms with van der Waals surface area (Å²) in [7, 11) is 0. The summed E-state index contributed by atoms with van der Waals surface area (Å²) in [5, 5.41) is 2.69. The van der Waals surface area contributed by atoms with Gasteiger partial charge in [-0.25, -0.2) is 9.18 Å². The molecule has 26 heavy (non-hydrogen) atoms. The van der Waals surface area contributed by atoms with Crippen molar-refractivity contribution in [3.63, 3.8) is 0 Å². The second kappa shape index (κ2) is 9.73. The van der Waals surface area contributed by atoms with E-state index in [9.17, 15) is 14.0 Å². The van der Waals surface area contributed by atoms with Crippen molar-refractivity contribution in [3.05, 3.63) is 76.6 Å². The molecule has 0 aliphatic heterocycles. The average molecular weight is 376 g/mol. The number of carbonyl (C=O) groups is 2. The molecule has 2 aromatic carbocycles. The minimum atomic E-state index is -0.670. The Hall–Kier alpha value is -2.66. The number of hydrogen-bond donors (Lipinski definition) is 1. The molecule has 1 amide bonds. The topological polar surface area (TPSA) is 55.4 Å². The molecule has 1 atom stereocenters. The predicted molar refractivity (Wildman–Crippen MR) is 99.3 cm³/mol. The van der Waals surface area contributed by atoms with Crippen LogP contribution in [0.5, 0.6) is 0 Å². The van der Waals surface area contributed by atoms with E-state index in [1.807, 2.05) is 37.3 Å². The zero-order valence-corrected chi connectivity index (χ0v) is 15.0. The quantitative estimate of drug-likeness (QED) is 0.588. The fourth-order valence-electron chi connectivity index (χ4n) is 2.18. The smallest absolute Gasteiger partial charge is 0.331 e. The molecule has 0 fully saturated rings. The molecule has 0 heterocycles. The number of esters is 1. The summed E-state index contributed by atoms with van der Waals surface area (Å²) in [5.41, 5.74) is 1.67. The zero-order chi connectivity index (χ0) is 18.9. The van der Waals surface area contributed by atoms with Crippen LogP contribution in [0.1, 0.15) is 24.0 Å². The first-order valence-corrected chi connectivity index (χ1v) is 8.45. The van der Waals surface area contributed by atoms with Gasteiger partial charge >= 0.3 is 5.97 Å². The van der Waals surface area contributed by atoms with Crippen molar-refractivity contribution in [2.75, 3.05) is 13.2 Å². The van der Waals surface area contributed by atoms with Crippen LogP contribution in [0.2, 0.25) is 5.02 Å². The Labute approximate surface area is 156 Å². The normalized spacial score (nSPS) is 12.0. The summed E-state index contributed by atoms with van der Waals surface area (Å²) in [6.07, 6.45) is 2.59. The lowest BCUT2D eigenvalue weighted by Gasteiger charge is -2.12. The van der Waals surface area contributed by atoms with Gasteiger partial charge in [0, 0.05) is 12.6 Å². The highest BCUT2D eigenvalue weighted by molar-refractivity contribution is 6.30. The minimum Gasteiger partial charge on any atom is -0.452 e. The zero-order valence-electron chi connectivity index (χ0n) is 14.2. The van der Waals surface area contributed by atoms with Crippen LogP contribution in [-0.2, 0) is 14.3 Å². The molecule has 6 heteroatoms. The number of nitrogens with one attached hydrogen (secondary N) is 1. The van der Waals surface area contributed by atoms with Crippen molar-refractivity contribution in [2.24, 2.45) is 0 Å². The molecule has 0 radical (unpaired) electrons. The maximum Gasteiger partial charge on any atom is 0.331 e. The largest absolute Gasteiger partial charge is 0.452 e. The Morgan fingerprint density at radius 3 is 2.65 bits per heavy atom. The molecule has 2 aromatic rings. The van der Waals surface area contributed by atoms with Gasteiger partial charge in [0.1, 0.15) is 5.82 Å². The van der Waals surface area contributed by atoms with E-state index in [4.69, 9.17) is 16.3 Å². The van der Waals surface area contributed by atoms with Gasteiger partial charge in [0.05, 0.1) is 5.02 Å². The second-order valence-electron chi connectivity index (χ2n) is 5.73. The molecule has 0 spiro atoms. The monoisotopic (exact) mass is 375 g/mol. The maximum absolute atomic E-state index is 13.1. The van der Waals surface area contributed by atoms with Gasteiger partial charge in [-0.2, -0.15) is 0 Å². The third-order valence-electron chi connectivity index (χ3n) is 3.68. The van der Waals surface area contributed by atoms with Gasteiger partial charge in [-0.05, 0) is 35.3 Å². The van der Waals surface area contributed by atoms with E-state index in [0.29, 0.717) is 12.1 Å². The molecule has 0 saturated carbocycles. The summed E-state index contributed by atoms with van der Waals surface area (Å²) in [6.45, 7) is 2.08. The van der Waals surface area contributed by atoms with Crippen molar-refractivity contribution < 1.29 is 18.7 Å². The molecule has 0 aliphatic carbocycles. The molecule has 0 aliphatic rings. The number of rotatable bonds is 7. The summed E-state index contributed by atoms with van der Waals surface area (Å²) >= 11 is 5.66. The van der Waals surface area contributed by atoms with Crippen LogP contribution in [0.25, 0.3) is 6.08 Å². The van der Waals surface area contributed by atoms with E-state index in [1.165, 1.54) is 24.3 Å². The van der Waals surface area contributed by atoms with Crippen molar-refractivity contribution >= 4 is 29.6 Å². The first kappa shape index (κ1) is 19.7. The van der Waals surface area contributed by atoms with E-state index in [1.54, 1.807) is 0 Å². The number of ether oxygens (including phenoxy) is 1. The molecular weight excluding hydrogens is 357 g/mol. The van der Waals surface area contributed by atoms with E-state index < -0.39 is 11.8 Å². The third-order valence-corrected chi connectivity index (χ3v) is 3.96. The summed E-state index contributed by atoms with van der Waals surface area (Å²) in [4.78, 5) is 23.4. The van der Waals surface area contributed by atoms with Crippen molar-refractivity contribution in [1.82, 2.24) is 5.32 Å². The van der Waals surface area contributed by atoms with Crippen molar-refractivity contribution in [2.45, 2.75) is 12.8 Å². The highest BCUT2D eigenvalue weighted by Gasteiger charge is 2.09. The van der Waals surface area contributed by atoms with Crippen LogP contribution in [0, 0.1) is 5.82 Å². The molecule has 0 aromatic heterocycles. The molecule has 0 unspecified atom stereocenters. The summed E-state index contributed by atoms with van der Waals surface area (Å²) in [6, 6.07) is 13.9. The van der Waals surface area contributed by atoms with Gasteiger partial charge in [-0.15, -0.1) is 0 Å². The van der Waals surface area contributed by atoms with Crippen LogP contribution < -0.4 is 5.32 Å². The number of hydrogen-bond acceptors (Lipinski definition) is 3. The lowest BCUT2D eigenvalue weighted by Crippen LogP contribution is -2.31. The SMILES string of the molecule is C[C@H](CNC(=O)COC(=O)/C=C/c1ccc(F)c(Cl)c1)c1ccccc1. The van der Waals surface area contributed by atoms with E-state index in [-0.39, 0.29) is 23.5 Å². The van der Waals surface area contributed by atoms with Gasteiger partial charge < -0.3 is 10.1 Å². The van der Waals surface area contributed by atoms with Crippen LogP contribution >= 0.6 is 11.6 Å². The van der Waals surface area contributed by atoms with Crippen LogP contribution in [0.3, 0.4) is 0 Å². The third kappa shape index (κ3) is 6.33. The molecule has 0 saturated heterocycles. The van der Waals surface area contributed by atoms with Crippen LogP contribution in [0.4, 0.5) is 4.39 Å². The second-order valence-corrected chi connectivity index (χ2v) is 6.14. The lowest BCUT2D eigenvalue weighted by atomic mass is 10.0. The van der Waals surface area contributed by atoms with Crippen molar-refractivity contribution in [3.8, 4) is 0 Å². The highest BCUT2D eigenvalue weighted by Crippen LogP contribution is 2.17. The Bertz CT molecular complexity index is 793. The predicted octanol–water partition coefficient (Wildman–Crippen LogP) is 3.96. The number of amides is 1. The standard InChI is InChI=1S/C20H19ClFNO3/c1-14(16-5-3-2-4-6-16)12-23-19(24)13-26-20(25)10-8-15-7-9-18(22)17(21)11-15/h2-11,14H,12-13H2,1H3,(H,23,24)/b10-8+/t14-/m1/s1. The van der Waals surface area contributed by atoms with E-state index in [2.05, 4.69) is 5.32 Å². The van der Waals surface area contributed by atoms with E-state index in [0.717, 1.165) is 11.6 Å². The molecule has 4 nitrogen and oxygen atoms in total.